The van der Waals surface area contributed by atoms with Crippen molar-refractivity contribution in [1.29, 1.82) is 0 Å². The van der Waals surface area contributed by atoms with Gasteiger partial charge >= 0.3 is 5.97 Å². The summed E-state index contributed by atoms with van der Waals surface area (Å²) in [6, 6.07) is 14.0. The number of halogens is 1. The van der Waals surface area contributed by atoms with Gasteiger partial charge in [-0.3, -0.25) is 9.59 Å². The Kier molecular flexibility index (Phi) is 5.98. The van der Waals surface area contributed by atoms with Gasteiger partial charge in [0.25, 0.3) is 5.91 Å². The highest BCUT2D eigenvalue weighted by molar-refractivity contribution is 6.04. The first-order valence-electron chi connectivity index (χ1n) is 10.1. The molecule has 4 rings (SSSR count). The Morgan fingerprint density at radius 1 is 1.16 bits per heavy atom. The number of ether oxygens (including phenoxy) is 1. The fourth-order valence-corrected chi connectivity index (χ4v) is 3.54. The van der Waals surface area contributed by atoms with E-state index in [0.717, 1.165) is 6.42 Å². The number of para-hydroxylation sites is 1. The number of esters is 1. The Morgan fingerprint density at radius 2 is 1.91 bits per heavy atom. The molecule has 0 spiro atoms. The van der Waals surface area contributed by atoms with Crippen molar-refractivity contribution in [2.45, 2.75) is 19.8 Å². The molecule has 8 nitrogen and oxygen atoms in total. The van der Waals surface area contributed by atoms with Gasteiger partial charge in [0.1, 0.15) is 11.6 Å². The van der Waals surface area contributed by atoms with Crippen molar-refractivity contribution in [1.82, 2.24) is 9.78 Å². The zero-order valence-electron chi connectivity index (χ0n) is 17.4. The second-order valence-electron chi connectivity index (χ2n) is 7.35. The van der Waals surface area contributed by atoms with Crippen LogP contribution in [0.15, 0.2) is 54.6 Å². The number of amides is 2. The summed E-state index contributed by atoms with van der Waals surface area (Å²) in [5.41, 5.74) is 1.91. The van der Waals surface area contributed by atoms with Gasteiger partial charge in [-0.25, -0.2) is 13.9 Å². The molecular formula is C23H21FN4O4. The van der Waals surface area contributed by atoms with Gasteiger partial charge in [0.2, 0.25) is 5.91 Å². The van der Waals surface area contributed by atoms with Crippen LogP contribution in [0.2, 0.25) is 0 Å². The van der Waals surface area contributed by atoms with Gasteiger partial charge in [0.15, 0.2) is 6.61 Å². The predicted octanol–water partition coefficient (Wildman–Crippen LogP) is 3.24. The molecule has 0 aliphatic carbocycles. The number of rotatable bonds is 6. The molecule has 0 atom stereocenters. The normalized spacial score (nSPS) is 13.3. The summed E-state index contributed by atoms with van der Waals surface area (Å²) in [5, 5.41) is 6.96. The van der Waals surface area contributed by atoms with Crippen LogP contribution < -0.4 is 10.2 Å². The average Bonchev–Trinajstić information content (AvgIpc) is 3.37. The van der Waals surface area contributed by atoms with E-state index in [0.29, 0.717) is 35.9 Å². The summed E-state index contributed by atoms with van der Waals surface area (Å²) >= 11 is 0. The molecule has 2 amide bonds. The minimum absolute atomic E-state index is 0.0487. The lowest BCUT2D eigenvalue weighted by Crippen LogP contribution is -2.27. The highest BCUT2D eigenvalue weighted by Gasteiger charge is 2.26. The summed E-state index contributed by atoms with van der Waals surface area (Å²) in [6.45, 7) is 1.78. The van der Waals surface area contributed by atoms with E-state index >= 15 is 0 Å². The molecule has 0 bridgehead atoms. The molecule has 1 N–H and O–H groups in total. The van der Waals surface area contributed by atoms with Gasteiger partial charge in [0.05, 0.1) is 22.6 Å². The van der Waals surface area contributed by atoms with Crippen molar-refractivity contribution in [3.8, 4) is 5.69 Å². The molecule has 1 aliphatic heterocycles. The molecule has 0 saturated carbocycles. The number of hydrogen-bond donors (Lipinski definition) is 1. The maximum absolute atomic E-state index is 13.2. The van der Waals surface area contributed by atoms with Gasteiger partial charge < -0.3 is 15.0 Å². The van der Waals surface area contributed by atoms with Crippen LogP contribution in [0, 0.1) is 12.7 Å². The Bertz CT molecular complexity index is 1170. The number of anilines is 2. The van der Waals surface area contributed by atoms with Crippen LogP contribution in [0.5, 0.6) is 0 Å². The van der Waals surface area contributed by atoms with Crippen LogP contribution in [-0.4, -0.2) is 40.7 Å². The Balaban J connectivity index is 1.43. The lowest BCUT2D eigenvalue weighted by Gasteiger charge is -2.18. The second-order valence-corrected chi connectivity index (χ2v) is 7.35. The summed E-state index contributed by atoms with van der Waals surface area (Å²) in [4.78, 5) is 38.7. The maximum atomic E-state index is 13.2. The molecule has 1 aliphatic rings. The van der Waals surface area contributed by atoms with E-state index < -0.39 is 18.5 Å². The lowest BCUT2D eigenvalue weighted by atomic mass is 10.1. The molecule has 1 aromatic heterocycles. The van der Waals surface area contributed by atoms with E-state index in [2.05, 4.69) is 10.4 Å². The van der Waals surface area contributed by atoms with Crippen molar-refractivity contribution < 1.29 is 23.5 Å². The van der Waals surface area contributed by atoms with Crippen molar-refractivity contribution in [3.63, 3.8) is 0 Å². The number of carbonyl (C=O) groups excluding carboxylic acids is 3. The van der Waals surface area contributed by atoms with Gasteiger partial charge in [-0.15, -0.1) is 0 Å². The summed E-state index contributed by atoms with van der Waals surface area (Å²) in [5.74, 6) is -1.33. The molecule has 1 fully saturated rings. The van der Waals surface area contributed by atoms with Crippen molar-refractivity contribution >= 4 is 29.3 Å². The fourth-order valence-electron chi connectivity index (χ4n) is 3.54. The zero-order chi connectivity index (χ0) is 22.7. The molecular weight excluding hydrogens is 415 g/mol. The van der Waals surface area contributed by atoms with Crippen LogP contribution in [0.25, 0.3) is 5.69 Å². The Labute approximate surface area is 183 Å². The smallest absolute Gasteiger partial charge is 0.340 e. The molecule has 2 aromatic carbocycles. The minimum atomic E-state index is -0.696. The third-order valence-corrected chi connectivity index (χ3v) is 4.99. The van der Waals surface area contributed by atoms with E-state index in [1.807, 2.05) is 0 Å². The van der Waals surface area contributed by atoms with Gasteiger partial charge in [-0.2, -0.15) is 5.10 Å². The molecule has 9 heteroatoms. The number of nitrogens with zero attached hydrogens (tertiary/aromatic N) is 3. The molecule has 3 aromatic rings. The summed E-state index contributed by atoms with van der Waals surface area (Å²) in [6.07, 6.45) is 1.17. The van der Waals surface area contributed by atoms with Crippen LogP contribution in [0.1, 0.15) is 28.9 Å². The SMILES string of the molecule is Cc1cc(NC(=O)COC(=O)c2ccccc2N2CCCC2=O)n(-c2ccc(F)cc2)n1. The predicted molar refractivity (Wildman–Crippen MR) is 115 cm³/mol. The fraction of sp³-hybridized carbons (Fsp3) is 0.217. The van der Waals surface area contributed by atoms with Crippen molar-refractivity contribution in [3.05, 3.63) is 71.7 Å². The number of nitrogens with one attached hydrogen (secondary N) is 1. The highest BCUT2D eigenvalue weighted by Crippen LogP contribution is 2.26. The van der Waals surface area contributed by atoms with Crippen molar-refractivity contribution in [2.24, 2.45) is 0 Å². The minimum Gasteiger partial charge on any atom is -0.452 e. The average molecular weight is 436 g/mol. The molecule has 164 valence electrons. The number of benzene rings is 2. The lowest BCUT2D eigenvalue weighted by molar-refractivity contribution is -0.119. The molecule has 2 heterocycles. The van der Waals surface area contributed by atoms with Gasteiger partial charge in [0, 0.05) is 19.0 Å². The Hall–Kier alpha value is -4.01. The Morgan fingerprint density at radius 3 is 2.62 bits per heavy atom. The van der Waals surface area contributed by atoms with Gasteiger partial charge in [-0.1, -0.05) is 12.1 Å². The second kappa shape index (κ2) is 9.01. The summed E-state index contributed by atoms with van der Waals surface area (Å²) in [7, 11) is 0. The third-order valence-electron chi connectivity index (χ3n) is 4.99. The standard InChI is InChI=1S/C23H21FN4O4/c1-15-13-20(28(26-15)17-10-8-16(24)9-11-17)25-21(29)14-32-23(31)18-5-2-3-6-19(18)27-12-4-7-22(27)30/h2-3,5-6,8-11,13H,4,7,12,14H2,1H3,(H,25,29). The van der Waals surface area contributed by atoms with Crippen LogP contribution in [0.4, 0.5) is 15.9 Å². The number of aryl methyl sites for hydroxylation is 1. The molecule has 0 radical (unpaired) electrons. The van der Waals surface area contributed by atoms with E-state index in [1.165, 1.54) is 28.9 Å². The van der Waals surface area contributed by atoms with E-state index in [4.69, 9.17) is 4.74 Å². The quantitative estimate of drug-likeness (QED) is 0.599. The molecule has 1 saturated heterocycles. The topological polar surface area (TPSA) is 93.5 Å². The molecule has 0 unspecified atom stereocenters. The highest BCUT2D eigenvalue weighted by atomic mass is 19.1. The first-order chi connectivity index (χ1) is 15.4. The molecule has 32 heavy (non-hydrogen) atoms. The van der Waals surface area contributed by atoms with Crippen LogP contribution >= 0.6 is 0 Å². The van der Waals surface area contributed by atoms with E-state index in [9.17, 15) is 18.8 Å². The largest absolute Gasteiger partial charge is 0.452 e. The van der Waals surface area contributed by atoms with E-state index in [1.54, 1.807) is 42.2 Å². The van der Waals surface area contributed by atoms with Gasteiger partial charge in [-0.05, 0) is 49.7 Å². The zero-order valence-corrected chi connectivity index (χ0v) is 17.4. The summed E-state index contributed by atoms with van der Waals surface area (Å²) < 4.78 is 19.9. The maximum Gasteiger partial charge on any atom is 0.340 e. The van der Waals surface area contributed by atoms with Crippen molar-refractivity contribution in [2.75, 3.05) is 23.4 Å². The first kappa shape index (κ1) is 21.2. The number of hydrogen-bond acceptors (Lipinski definition) is 5. The van der Waals surface area contributed by atoms with E-state index in [-0.39, 0.29) is 17.3 Å². The number of aromatic nitrogens is 2. The number of carbonyl (C=O) groups is 3. The van der Waals surface area contributed by atoms with Crippen LogP contribution in [0.3, 0.4) is 0 Å². The van der Waals surface area contributed by atoms with Crippen LogP contribution in [-0.2, 0) is 14.3 Å². The first-order valence-corrected chi connectivity index (χ1v) is 10.1. The monoisotopic (exact) mass is 436 g/mol. The third kappa shape index (κ3) is 4.51.